The van der Waals surface area contributed by atoms with E-state index in [1.807, 2.05) is 11.3 Å². The maximum atomic E-state index is 5.80. The van der Waals surface area contributed by atoms with Gasteiger partial charge >= 0.3 is 0 Å². The van der Waals surface area contributed by atoms with E-state index >= 15 is 0 Å². The Labute approximate surface area is 101 Å². The van der Waals surface area contributed by atoms with E-state index in [1.165, 1.54) is 9.75 Å². The Morgan fingerprint density at radius 3 is 2.75 bits per heavy atom. The molecule has 1 aromatic rings. The molecule has 1 aliphatic heterocycles. The summed E-state index contributed by atoms with van der Waals surface area (Å²) < 4.78 is 5.34. The number of ether oxygens (including phenoxy) is 1. The van der Waals surface area contributed by atoms with Crippen LogP contribution in [0.1, 0.15) is 16.7 Å². The number of nitrogens with two attached hydrogens (primary N) is 1. The molecule has 0 saturated carbocycles. The van der Waals surface area contributed by atoms with Crippen LogP contribution in [0.15, 0.2) is 12.1 Å². The first-order valence-corrected chi connectivity index (χ1v) is 6.69. The zero-order valence-electron chi connectivity index (χ0n) is 9.82. The van der Waals surface area contributed by atoms with E-state index in [0.717, 1.165) is 39.3 Å². The molecule has 1 unspecified atom stereocenters. The topological polar surface area (TPSA) is 38.5 Å². The van der Waals surface area contributed by atoms with Crippen molar-refractivity contribution in [2.75, 3.05) is 26.3 Å². The summed E-state index contributed by atoms with van der Waals surface area (Å²) in [7, 11) is 0. The van der Waals surface area contributed by atoms with Gasteiger partial charge in [0.05, 0.1) is 13.2 Å². The van der Waals surface area contributed by atoms with Crippen molar-refractivity contribution in [3.63, 3.8) is 0 Å². The zero-order chi connectivity index (χ0) is 11.4. The van der Waals surface area contributed by atoms with Crippen LogP contribution in [0.5, 0.6) is 0 Å². The largest absolute Gasteiger partial charge is 0.379 e. The van der Waals surface area contributed by atoms with Gasteiger partial charge in [0.2, 0.25) is 0 Å². The van der Waals surface area contributed by atoms with Crippen LogP contribution in [0.2, 0.25) is 0 Å². The predicted octanol–water partition coefficient (Wildman–Crippen LogP) is 1.47. The molecule has 1 aromatic heterocycles. The van der Waals surface area contributed by atoms with Gasteiger partial charge in [-0.3, -0.25) is 4.90 Å². The third-order valence-electron chi connectivity index (χ3n) is 2.72. The first kappa shape index (κ1) is 12.0. The standard InChI is InChI=1S/C12H20N2OS/c1-10(13)8-11-2-3-12(16-11)9-14-4-6-15-7-5-14/h2-3,10H,4-9,13H2,1H3. The van der Waals surface area contributed by atoms with Gasteiger partial charge in [0, 0.05) is 35.4 Å². The summed E-state index contributed by atoms with van der Waals surface area (Å²) >= 11 is 1.89. The maximum absolute atomic E-state index is 5.80. The van der Waals surface area contributed by atoms with Gasteiger partial charge in [-0.05, 0) is 25.5 Å². The highest BCUT2D eigenvalue weighted by Crippen LogP contribution is 2.19. The van der Waals surface area contributed by atoms with Crippen molar-refractivity contribution >= 4 is 11.3 Å². The second kappa shape index (κ2) is 5.77. The van der Waals surface area contributed by atoms with E-state index in [-0.39, 0.29) is 6.04 Å². The molecule has 2 N–H and O–H groups in total. The van der Waals surface area contributed by atoms with Gasteiger partial charge in [0.15, 0.2) is 0 Å². The van der Waals surface area contributed by atoms with Crippen molar-refractivity contribution in [3.8, 4) is 0 Å². The monoisotopic (exact) mass is 240 g/mol. The lowest BCUT2D eigenvalue weighted by molar-refractivity contribution is 0.0346. The van der Waals surface area contributed by atoms with Gasteiger partial charge in [0.25, 0.3) is 0 Å². The molecule has 90 valence electrons. The minimum Gasteiger partial charge on any atom is -0.379 e. The van der Waals surface area contributed by atoms with E-state index in [0.29, 0.717) is 0 Å². The number of hydrogen-bond acceptors (Lipinski definition) is 4. The summed E-state index contributed by atoms with van der Waals surface area (Å²) in [4.78, 5) is 5.29. The Hall–Kier alpha value is -0.420. The fraction of sp³-hybridized carbons (Fsp3) is 0.667. The van der Waals surface area contributed by atoms with Gasteiger partial charge in [-0.15, -0.1) is 11.3 Å². The molecular weight excluding hydrogens is 220 g/mol. The molecule has 0 amide bonds. The number of nitrogens with zero attached hydrogens (tertiary/aromatic N) is 1. The normalized spacial score (nSPS) is 19.9. The van der Waals surface area contributed by atoms with Crippen molar-refractivity contribution in [1.82, 2.24) is 4.90 Å². The van der Waals surface area contributed by atoms with Crippen LogP contribution in [-0.2, 0) is 17.7 Å². The second-order valence-corrected chi connectivity index (χ2v) is 5.69. The SMILES string of the molecule is CC(N)Cc1ccc(CN2CCOCC2)s1. The average Bonchev–Trinajstić information content (AvgIpc) is 2.66. The van der Waals surface area contributed by atoms with Crippen molar-refractivity contribution < 1.29 is 4.74 Å². The maximum Gasteiger partial charge on any atom is 0.0594 e. The number of rotatable bonds is 4. The quantitative estimate of drug-likeness (QED) is 0.866. The lowest BCUT2D eigenvalue weighted by Crippen LogP contribution is -2.35. The highest BCUT2D eigenvalue weighted by atomic mass is 32.1. The third-order valence-corrected chi connectivity index (χ3v) is 3.82. The van der Waals surface area contributed by atoms with E-state index in [9.17, 15) is 0 Å². The van der Waals surface area contributed by atoms with E-state index in [4.69, 9.17) is 10.5 Å². The summed E-state index contributed by atoms with van der Waals surface area (Å²) in [5.41, 5.74) is 5.80. The highest BCUT2D eigenvalue weighted by Gasteiger charge is 2.12. The molecule has 16 heavy (non-hydrogen) atoms. The van der Waals surface area contributed by atoms with E-state index in [1.54, 1.807) is 0 Å². The zero-order valence-corrected chi connectivity index (χ0v) is 10.6. The Bertz CT molecular complexity index is 319. The van der Waals surface area contributed by atoms with Crippen LogP contribution in [0.25, 0.3) is 0 Å². The Balaban J connectivity index is 1.86. The van der Waals surface area contributed by atoms with Crippen LogP contribution < -0.4 is 5.73 Å². The van der Waals surface area contributed by atoms with Crippen LogP contribution in [0, 0.1) is 0 Å². The van der Waals surface area contributed by atoms with E-state index in [2.05, 4.69) is 24.0 Å². The fourth-order valence-corrected chi connectivity index (χ4v) is 3.12. The van der Waals surface area contributed by atoms with Gasteiger partial charge in [0.1, 0.15) is 0 Å². The summed E-state index contributed by atoms with van der Waals surface area (Å²) in [6.45, 7) is 6.98. The summed E-state index contributed by atoms with van der Waals surface area (Å²) in [5, 5.41) is 0. The minimum atomic E-state index is 0.259. The molecule has 0 spiro atoms. The van der Waals surface area contributed by atoms with Gasteiger partial charge in [-0.1, -0.05) is 0 Å². The molecular formula is C12H20N2OS. The van der Waals surface area contributed by atoms with Crippen molar-refractivity contribution in [2.45, 2.75) is 25.9 Å². The molecule has 0 aliphatic carbocycles. The number of hydrogen-bond donors (Lipinski definition) is 1. The number of thiophene rings is 1. The first-order chi connectivity index (χ1) is 7.74. The number of morpholine rings is 1. The highest BCUT2D eigenvalue weighted by molar-refractivity contribution is 7.11. The summed E-state index contributed by atoms with van der Waals surface area (Å²) in [6, 6.07) is 4.71. The van der Waals surface area contributed by atoms with Crippen LogP contribution in [0.4, 0.5) is 0 Å². The first-order valence-electron chi connectivity index (χ1n) is 5.87. The van der Waals surface area contributed by atoms with Crippen LogP contribution in [-0.4, -0.2) is 37.2 Å². The summed E-state index contributed by atoms with van der Waals surface area (Å²) in [5.74, 6) is 0. The average molecular weight is 240 g/mol. The molecule has 0 aromatic carbocycles. The summed E-state index contributed by atoms with van der Waals surface area (Å²) in [6.07, 6.45) is 0.994. The molecule has 1 saturated heterocycles. The molecule has 3 nitrogen and oxygen atoms in total. The molecule has 1 fully saturated rings. The Morgan fingerprint density at radius 1 is 1.38 bits per heavy atom. The molecule has 2 heterocycles. The van der Waals surface area contributed by atoms with Crippen LogP contribution in [0.3, 0.4) is 0 Å². The Morgan fingerprint density at radius 2 is 2.06 bits per heavy atom. The molecule has 0 radical (unpaired) electrons. The molecule has 0 bridgehead atoms. The van der Waals surface area contributed by atoms with Gasteiger partial charge in [-0.2, -0.15) is 0 Å². The third kappa shape index (κ3) is 3.56. The van der Waals surface area contributed by atoms with E-state index < -0.39 is 0 Å². The van der Waals surface area contributed by atoms with Crippen molar-refractivity contribution in [2.24, 2.45) is 5.73 Å². The van der Waals surface area contributed by atoms with Crippen molar-refractivity contribution in [1.29, 1.82) is 0 Å². The molecule has 4 heteroatoms. The lowest BCUT2D eigenvalue weighted by atomic mass is 10.2. The molecule has 1 atom stereocenters. The van der Waals surface area contributed by atoms with Crippen molar-refractivity contribution in [3.05, 3.63) is 21.9 Å². The second-order valence-electron chi connectivity index (χ2n) is 4.44. The Kier molecular flexibility index (Phi) is 4.35. The molecule has 2 rings (SSSR count). The van der Waals surface area contributed by atoms with Crippen LogP contribution >= 0.6 is 11.3 Å². The smallest absolute Gasteiger partial charge is 0.0594 e. The molecule has 1 aliphatic rings. The predicted molar refractivity (Wildman–Crippen MR) is 67.8 cm³/mol. The van der Waals surface area contributed by atoms with Gasteiger partial charge < -0.3 is 10.5 Å². The fourth-order valence-electron chi connectivity index (χ4n) is 1.91. The van der Waals surface area contributed by atoms with Gasteiger partial charge in [-0.25, -0.2) is 0 Å². The minimum absolute atomic E-state index is 0.259. The lowest BCUT2D eigenvalue weighted by Gasteiger charge is -2.25.